The Labute approximate surface area is 389 Å². The highest BCUT2D eigenvalue weighted by Gasteiger charge is 2.71. The molecule has 2 saturated heterocycles. The van der Waals surface area contributed by atoms with Crippen LogP contribution in [0.1, 0.15) is 146 Å². The minimum absolute atomic E-state index is 0.00910. The molecule has 0 aromatic rings. The first kappa shape index (κ1) is 51.3. The van der Waals surface area contributed by atoms with Gasteiger partial charge in [0, 0.05) is 5.92 Å². The number of allylic oxidation sites excluding steroid dienone is 2. The van der Waals surface area contributed by atoms with Crippen LogP contribution in [0.3, 0.4) is 0 Å². The van der Waals surface area contributed by atoms with Crippen molar-refractivity contribution < 1.29 is 78.2 Å². The van der Waals surface area contributed by atoms with Gasteiger partial charge in [-0.2, -0.15) is 0 Å². The molecule has 374 valence electrons. The van der Waals surface area contributed by atoms with E-state index in [4.69, 9.17) is 28.4 Å². The number of unbranched alkanes of at least 4 members (excludes halogenated alkanes) is 2. The first-order valence-electron chi connectivity index (χ1n) is 24.7. The van der Waals surface area contributed by atoms with Crippen molar-refractivity contribution in [3.63, 3.8) is 0 Å². The van der Waals surface area contributed by atoms with Crippen LogP contribution in [0.5, 0.6) is 0 Å². The van der Waals surface area contributed by atoms with E-state index in [1.807, 2.05) is 26.8 Å². The molecule has 6 N–H and O–H groups in total. The number of carboxylic acids is 1. The third-order valence-electron chi connectivity index (χ3n) is 18.7. The molecule has 66 heavy (non-hydrogen) atoms. The first-order chi connectivity index (χ1) is 30.8. The van der Waals surface area contributed by atoms with Crippen LogP contribution in [0, 0.1) is 50.2 Å². The van der Waals surface area contributed by atoms with Crippen molar-refractivity contribution in [2.75, 3.05) is 13.2 Å². The zero-order chi connectivity index (χ0) is 48.5. The highest BCUT2D eigenvalue weighted by molar-refractivity contribution is 5.95. The zero-order valence-electron chi connectivity index (χ0n) is 40.5. The summed E-state index contributed by atoms with van der Waals surface area (Å²) < 4.78 is 35.5. The van der Waals surface area contributed by atoms with Crippen molar-refractivity contribution >= 4 is 23.7 Å². The summed E-state index contributed by atoms with van der Waals surface area (Å²) in [5.41, 5.74) is -1.67. The Bertz CT molecular complexity index is 1870. The Balaban J connectivity index is 1.17. The maximum Gasteiger partial charge on any atom is 0.338 e. The largest absolute Gasteiger partial charge is 0.481 e. The molecule has 7 rings (SSSR count). The number of carbonyl (C=O) groups is 4. The van der Waals surface area contributed by atoms with Crippen molar-refractivity contribution in [2.24, 2.45) is 50.2 Å². The van der Waals surface area contributed by atoms with E-state index in [1.165, 1.54) is 0 Å². The summed E-state index contributed by atoms with van der Waals surface area (Å²) in [5, 5.41) is 66.1. The molecular weight excluding hydrogens is 857 g/mol. The lowest BCUT2D eigenvalue weighted by atomic mass is 9.33. The number of fused-ring (bicyclic) bond motifs is 7. The van der Waals surface area contributed by atoms with E-state index < -0.39 is 107 Å². The molecule has 7 aliphatic rings. The lowest BCUT2D eigenvalue weighted by molar-refractivity contribution is -0.371. The van der Waals surface area contributed by atoms with Crippen LogP contribution in [0.2, 0.25) is 0 Å². The lowest BCUT2D eigenvalue weighted by Crippen LogP contribution is -2.68. The summed E-state index contributed by atoms with van der Waals surface area (Å²) in [6.07, 6.45) is -7.96. The predicted molar refractivity (Wildman–Crippen MR) is 236 cm³/mol. The van der Waals surface area contributed by atoms with E-state index in [-0.39, 0.29) is 47.6 Å². The van der Waals surface area contributed by atoms with Gasteiger partial charge in [0.05, 0.1) is 24.7 Å². The number of rotatable bonds is 13. The third kappa shape index (κ3) is 8.41. The normalized spacial score (nSPS) is 47.5. The van der Waals surface area contributed by atoms with Gasteiger partial charge in [-0.15, -0.1) is 0 Å². The Morgan fingerprint density at radius 3 is 1.86 bits per heavy atom. The summed E-state index contributed by atoms with van der Waals surface area (Å²) in [6.45, 7) is 19.0. The average molecular weight is 935 g/mol. The molecule has 16 nitrogen and oxygen atoms in total. The second-order valence-electron chi connectivity index (χ2n) is 23.0. The van der Waals surface area contributed by atoms with E-state index in [9.17, 15) is 45.0 Å². The van der Waals surface area contributed by atoms with Gasteiger partial charge in [-0.05, 0) is 123 Å². The van der Waals surface area contributed by atoms with Gasteiger partial charge < -0.3 is 59.1 Å². The van der Waals surface area contributed by atoms with Gasteiger partial charge in [-0.3, -0.25) is 9.59 Å². The average Bonchev–Trinajstić information content (AvgIpc) is 3.25. The van der Waals surface area contributed by atoms with Gasteiger partial charge in [0.1, 0.15) is 36.6 Å². The minimum Gasteiger partial charge on any atom is -0.481 e. The van der Waals surface area contributed by atoms with Crippen molar-refractivity contribution in [2.45, 2.75) is 213 Å². The molecule has 0 spiro atoms. The molecule has 19 atom stereocenters. The Kier molecular flexibility index (Phi) is 14.5. The van der Waals surface area contributed by atoms with Crippen molar-refractivity contribution in [1.29, 1.82) is 0 Å². The van der Waals surface area contributed by atoms with Crippen LogP contribution in [0.4, 0.5) is 0 Å². The van der Waals surface area contributed by atoms with E-state index in [0.717, 1.165) is 50.5 Å². The number of ether oxygens (including phenoxy) is 6. The summed E-state index contributed by atoms with van der Waals surface area (Å²) in [5.74, 6) is -3.01. The fraction of sp³-hybridized carbons (Fsp3) is 0.880. The van der Waals surface area contributed by atoms with Crippen LogP contribution >= 0.6 is 0 Å². The summed E-state index contributed by atoms with van der Waals surface area (Å²) >= 11 is 0. The van der Waals surface area contributed by atoms with E-state index in [0.29, 0.717) is 38.5 Å². The number of esters is 2. The Morgan fingerprint density at radius 2 is 1.27 bits per heavy atom. The predicted octanol–water partition coefficient (Wildman–Crippen LogP) is 4.76. The van der Waals surface area contributed by atoms with E-state index >= 15 is 4.79 Å². The number of hydrogen-bond acceptors (Lipinski definition) is 15. The SMILES string of the molecule is CCCCOC(=O)[C@H]1O[C@@H](O[C@H]2[C@H](O[C@H]3CC[C@]4(C)[C@H]5C(=O)C=C6[C@H]7C[C@@](C)(C(=O)O)CC[C@]7(C)CC[C@@]6(C)[C@]5(C)CC[C@H]4C3(C)C)O[C@H](C(=O)OCCCC)[C@@H](O)[C@@H]2O)[C@H](O)[C@@H](O)[C@@H]1O. The van der Waals surface area contributed by atoms with Crippen LogP contribution in [0.25, 0.3) is 0 Å². The Morgan fingerprint density at radius 1 is 0.697 bits per heavy atom. The number of ketones is 1. The fourth-order valence-corrected chi connectivity index (χ4v) is 14.1. The van der Waals surface area contributed by atoms with Gasteiger partial charge in [0.2, 0.25) is 0 Å². The maximum atomic E-state index is 15.0. The third-order valence-corrected chi connectivity index (χ3v) is 18.7. The lowest BCUT2D eigenvalue weighted by Gasteiger charge is -2.70. The minimum atomic E-state index is -1.94. The van der Waals surface area contributed by atoms with E-state index in [1.54, 1.807) is 0 Å². The van der Waals surface area contributed by atoms with Gasteiger partial charge >= 0.3 is 17.9 Å². The molecule has 0 radical (unpaired) electrons. The van der Waals surface area contributed by atoms with Gasteiger partial charge in [-0.1, -0.05) is 73.8 Å². The smallest absolute Gasteiger partial charge is 0.338 e. The molecule has 2 heterocycles. The maximum absolute atomic E-state index is 15.0. The first-order valence-corrected chi connectivity index (χ1v) is 24.7. The van der Waals surface area contributed by atoms with Crippen LogP contribution < -0.4 is 0 Å². The topological polar surface area (TPSA) is 245 Å². The van der Waals surface area contributed by atoms with Crippen molar-refractivity contribution in [3.05, 3.63) is 11.6 Å². The summed E-state index contributed by atoms with van der Waals surface area (Å²) in [6, 6.07) is 0. The number of carbonyl (C=O) groups excluding carboxylic acids is 3. The molecular formula is C50H78O16. The highest BCUT2D eigenvalue weighted by atomic mass is 16.8. The van der Waals surface area contributed by atoms with Crippen molar-refractivity contribution in [3.8, 4) is 0 Å². The van der Waals surface area contributed by atoms with Crippen LogP contribution in [-0.4, -0.2) is 135 Å². The molecule has 6 fully saturated rings. The van der Waals surface area contributed by atoms with Crippen LogP contribution in [0.15, 0.2) is 11.6 Å². The van der Waals surface area contributed by atoms with E-state index in [2.05, 4.69) is 41.5 Å². The highest BCUT2D eigenvalue weighted by Crippen LogP contribution is 2.75. The number of hydrogen-bond donors (Lipinski definition) is 6. The standard InChI is InChI=1S/C50H78O16/c1-10-12-22-61-40(57)36-32(53)31(52)35(56)42(64-36)66-38-34(55)33(54)37(41(58)62-23-13-11-2)65-43(38)63-30-15-16-48(7)29(45(30,3)4)14-17-50(9)39(48)28(51)24-26-27-25-47(6,44(59)60)19-18-46(27,5)20-21-49(26,50)8/h24,27,29-39,42-43,52-56H,10-23,25H2,1-9H3,(H,59,60)/t27-,29+,30+,31+,32+,33+,34+,35-,36+,37+,38-,39-,42+,43-,46-,47+,48+,49-,50-/m1/s1. The Hall–Kier alpha value is -2.54. The molecule has 16 heteroatoms. The second kappa shape index (κ2) is 18.7. The molecule has 2 aliphatic heterocycles. The number of aliphatic hydroxyl groups excluding tert-OH is 5. The summed E-state index contributed by atoms with van der Waals surface area (Å²) in [7, 11) is 0. The molecule has 0 bridgehead atoms. The monoisotopic (exact) mass is 935 g/mol. The van der Waals surface area contributed by atoms with Crippen molar-refractivity contribution in [1.82, 2.24) is 0 Å². The van der Waals surface area contributed by atoms with Gasteiger partial charge in [0.25, 0.3) is 0 Å². The zero-order valence-corrected chi connectivity index (χ0v) is 40.5. The quantitative estimate of drug-likeness (QED) is 0.0828. The van der Waals surface area contributed by atoms with Crippen LogP contribution in [-0.2, 0) is 47.6 Å². The summed E-state index contributed by atoms with van der Waals surface area (Å²) in [4.78, 5) is 54.0. The van der Waals surface area contributed by atoms with Gasteiger partial charge in [0.15, 0.2) is 30.6 Å². The molecule has 4 saturated carbocycles. The molecule has 0 aromatic carbocycles. The molecule has 0 amide bonds. The molecule has 0 aromatic heterocycles. The second-order valence-corrected chi connectivity index (χ2v) is 23.0. The van der Waals surface area contributed by atoms with Gasteiger partial charge in [-0.25, -0.2) is 9.59 Å². The number of carboxylic acid groups (broad SMARTS) is 1. The number of aliphatic hydroxyl groups is 5. The fourth-order valence-electron chi connectivity index (χ4n) is 14.1. The molecule has 5 aliphatic carbocycles. The molecule has 0 unspecified atom stereocenters. The number of aliphatic carboxylic acids is 1.